The van der Waals surface area contributed by atoms with E-state index in [2.05, 4.69) is 15.6 Å². The number of amides is 2. The van der Waals surface area contributed by atoms with Crippen molar-refractivity contribution in [1.29, 1.82) is 0 Å². The van der Waals surface area contributed by atoms with Crippen LogP contribution in [0.25, 0.3) is 16.7 Å². The fourth-order valence-corrected chi connectivity index (χ4v) is 6.14. The molecular weight excluding hydrogens is 481 g/mol. The van der Waals surface area contributed by atoms with Gasteiger partial charge in [-0.2, -0.15) is 0 Å². The molecule has 2 aliphatic rings. The summed E-state index contributed by atoms with van der Waals surface area (Å²) in [6, 6.07) is 7.87. The predicted molar refractivity (Wildman–Crippen MR) is 146 cm³/mol. The first-order valence-electron chi connectivity index (χ1n) is 13.9. The van der Waals surface area contributed by atoms with Crippen LogP contribution in [-0.4, -0.2) is 51.9 Å². The van der Waals surface area contributed by atoms with Gasteiger partial charge in [0.15, 0.2) is 0 Å². The molecule has 0 spiro atoms. The first-order valence-corrected chi connectivity index (χ1v) is 13.9. The van der Waals surface area contributed by atoms with Crippen molar-refractivity contribution in [3.8, 4) is 5.82 Å². The Labute approximate surface area is 223 Å². The molecule has 5 rings (SSSR count). The van der Waals surface area contributed by atoms with E-state index in [9.17, 15) is 14.0 Å². The summed E-state index contributed by atoms with van der Waals surface area (Å²) in [5, 5.41) is 6.96. The van der Waals surface area contributed by atoms with Crippen molar-refractivity contribution in [3.63, 3.8) is 0 Å². The maximum absolute atomic E-state index is 14.1. The minimum absolute atomic E-state index is 0.0205. The lowest BCUT2D eigenvalue weighted by Crippen LogP contribution is -2.55. The van der Waals surface area contributed by atoms with Gasteiger partial charge < -0.3 is 20.1 Å². The Morgan fingerprint density at radius 2 is 1.87 bits per heavy atom. The van der Waals surface area contributed by atoms with Crippen LogP contribution >= 0.6 is 0 Å². The first kappa shape index (κ1) is 26.4. The molecule has 3 atom stereocenters. The minimum atomic E-state index is -0.508. The molecule has 3 aromatic rings. The Bertz CT molecular complexity index is 1320. The lowest BCUT2D eigenvalue weighted by atomic mass is 9.83. The number of likely N-dealkylation sites (tertiary alicyclic amines) is 1. The molecule has 38 heavy (non-hydrogen) atoms. The number of aryl methyl sites for hydroxylation is 1. The highest BCUT2D eigenvalue weighted by Crippen LogP contribution is 2.36. The second-order valence-electron chi connectivity index (χ2n) is 10.9. The summed E-state index contributed by atoms with van der Waals surface area (Å²) in [5.41, 5.74) is 2.90. The summed E-state index contributed by atoms with van der Waals surface area (Å²) in [5.74, 6) is 0.528. The third-order valence-corrected chi connectivity index (χ3v) is 8.41. The standard InChI is InChI=1S/C30H38FN5O2/c1-19-18-36(26-12-11-23(31)17-24(19)26)27-16-22(13-14-33-27)25-10-7-15-35(25)30(38)28(21-8-5-4-6-9-21)34-29(37)20(2)32-3/h11-14,16-18,20-21,25,28,32H,4-10,15H2,1-3H3,(H,34,37)/t20-,25-,28-/m0/s1. The Kier molecular flexibility index (Phi) is 7.79. The van der Waals surface area contributed by atoms with Crippen LogP contribution in [0.3, 0.4) is 0 Å². The van der Waals surface area contributed by atoms with Gasteiger partial charge in [0.05, 0.1) is 17.6 Å². The highest BCUT2D eigenvalue weighted by atomic mass is 19.1. The molecule has 2 fully saturated rings. The second-order valence-corrected chi connectivity index (χ2v) is 10.9. The van der Waals surface area contributed by atoms with Crippen LogP contribution < -0.4 is 10.6 Å². The molecule has 3 heterocycles. The third-order valence-electron chi connectivity index (χ3n) is 8.41. The zero-order valence-corrected chi connectivity index (χ0v) is 22.5. The SMILES string of the molecule is CN[C@@H](C)C(=O)N[C@H](C(=O)N1CCC[C@H]1c1ccnc(-n2cc(C)c3cc(F)ccc32)c1)C1CCCCC1. The molecule has 7 nitrogen and oxygen atoms in total. The van der Waals surface area contributed by atoms with Gasteiger partial charge in [-0.1, -0.05) is 19.3 Å². The van der Waals surface area contributed by atoms with Gasteiger partial charge in [0, 0.05) is 24.3 Å². The highest BCUT2D eigenvalue weighted by Gasteiger charge is 2.39. The third kappa shape index (κ3) is 5.19. The lowest BCUT2D eigenvalue weighted by molar-refractivity contribution is -0.139. The molecule has 1 saturated carbocycles. The van der Waals surface area contributed by atoms with Gasteiger partial charge in [-0.25, -0.2) is 9.37 Å². The number of nitrogens with one attached hydrogen (secondary N) is 2. The number of hydrogen-bond donors (Lipinski definition) is 2. The smallest absolute Gasteiger partial charge is 0.245 e. The zero-order chi connectivity index (χ0) is 26.8. The molecule has 0 radical (unpaired) electrons. The molecule has 202 valence electrons. The molecule has 1 aromatic carbocycles. The van der Waals surface area contributed by atoms with E-state index < -0.39 is 6.04 Å². The topological polar surface area (TPSA) is 79.3 Å². The van der Waals surface area contributed by atoms with Gasteiger partial charge in [0.1, 0.15) is 17.7 Å². The fourth-order valence-electron chi connectivity index (χ4n) is 6.14. The molecule has 1 aliphatic carbocycles. The summed E-state index contributed by atoms with van der Waals surface area (Å²) in [4.78, 5) is 33.5. The van der Waals surface area contributed by atoms with Crippen molar-refractivity contribution >= 4 is 22.7 Å². The second kappa shape index (κ2) is 11.2. The molecule has 1 aliphatic heterocycles. The summed E-state index contributed by atoms with van der Waals surface area (Å²) in [6.07, 6.45) is 10.8. The van der Waals surface area contributed by atoms with Crippen molar-refractivity contribution in [3.05, 3.63) is 59.7 Å². The average molecular weight is 520 g/mol. The van der Waals surface area contributed by atoms with E-state index >= 15 is 0 Å². The number of halogens is 1. The normalized spacial score (nSPS) is 20.0. The molecule has 1 saturated heterocycles. The quantitative estimate of drug-likeness (QED) is 0.470. The molecule has 2 amide bonds. The van der Waals surface area contributed by atoms with Crippen molar-refractivity contribution < 1.29 is 14.0 Å². The number of fused-ring (bicyclic) bond motifs is 1. The fraction of sp³-hybridized carbons (Fsp3) is 0.500. The number of aromatic nitrogens is 2. The van der Waals surface area contributed by atoms with Crippen molar-refractivity contribution in [2.75, 3.05) is 13.6 Å². The van der Waals surface area contributed by atoms with Crippen LogP contribution in [0.2, 0.25) is 0 Å². The molecule has 2 aromatic heterocycles. The summed E-state index contributed by atoms with van der Waals surface area (Å²) in [6.45, 7) is 4.46. The number of carbonyl (C=O) groups excluding carboxylic acids is 2. The van der Waals surface area contributed by atoms with Crippen LogP contribution in [0.5, 0.6) is 0 Å². The van der Waals surface area contributed by atoms with Gasteiger partial charge in [0.2, 0.25) is 11.8 Å². The lowest BCUT2D eigenvalue weighted by Gasteiger charge is -2.35. The maximum atomic E-state index is 14.1. The Balaban J connectivity index is 1.43. The predicted octanol–water partition coefficient (Wildman–Crippen LogP) is 4.81. The average Bonchev–Trinajstić information content (AvgIpc) is 3.56. The Morgan fingerprint density at radius 1 is 1.08 bits per heavy atom. The van der Waals surface area contributed by atoms with E-state index in [1.54, 1.807) is 25.4 Å². The maximum Gasteiger partial charge on any atom is 0.245 e. The number of hydrogen-bond acceptors (Lipinski definition) is 4. The van der Waals surface area contributed by atoms with Crippen LogP contribution in [0.15, 0.2) is 42.7 Å². The zero-order valence-electron chi connectivity index (χ0n) is 22.5. The van der Waals surface area contributed by atoms with Gasteiger partial charge >= 0.3 is 0 Å². The van der Waals surface area contributed by atoms with E-state index in [4.69, 9.17) is 0 Å². The van der Waals surface area contributed by atoms with Crippen molar-refractivity contribution in [2.45, 2.75) is 76.9 Å². The van der Waals surface area contributed by atoms with Crippen LogP contribution in [0.1, 0.15) is 69.0 Å². The van der Waals surface area contributed by atoms with Crippen molar-refractivity contribution in [1.82, 2.24) is 25.1 Å². The largest absolute Gasteiger partial charge is 0.343 e. The molecule has 8 heteroatoms. The monoisotopic (exact) mass is 519 g/mol. The minimum Gasteiger partial charge on any atom is -0.343 e. The van der Waals surface area contributed by atoms with E-state index in [0.29, 0.717) is 6.54 Å². The highest BCUT2D eigenvalue weighted by molar-refractivity contribution is 5.90. The Hall–Kier alpha value is -3.26. The first-order chi connectivity index (χ1) is 18.4. The molecular formula is C30H38FN5O2. The molecule has 0 bridgehead atoms. The number of rotatable bonds is 7. The molecule has 0 unspecified atom stereocenters. The number of nitrogens with zero attached hydrogens (tertiary/aromatic N) is 3. The van der Waals surface area contributed by atoms with Crippen LogP contribution in [-0.2, 0) is 9.59 Å². The van der Waals surface area contributed by atoms with E-state index in [0.717, 1.165) is 66.4 Å². The van der Waals surface area contributed by atoms with Gasteiger partial charge in [-0.05, 0) is 94.0 Å². The van der Waals surface area contributed by atoms with Gasteiger partial charge in [-0.3, -0.25) is 9.59 Å². The van der Waals surface area contributed by atoms with E-state index in [1.807, 2.05) is 41.6 Å². The van der Waals surface area contributed by atoms with E-state index in [1.165, 1.54) is 12.5 Å². The van der Waals surface area contributed by atoms with E-state index in [-0.39, 0.29) is 35.6 Å². The van der Waals surface area contributed by atoms with Crippen LogP contribution in [0, 0.1) is 18.7 Å². The summed E-state index contributed by atoms with van der Waals surface area (Å²) >= 11 is 0. The Morgan fingerprint density at radius 3 is 2.63 bits per heavy atom. The number of likely N-dealkylation sites (N-methyl/N-ethyl adjacent to an activating group) is 1. The number of pyridine rings is 1. The van der Waals surface area contributed by atoms with Crippen LogP contribution in [0.4, 0.5) is 4.39 Å². The molecule has 2 N–H and O–H groups in total. The number of benzene rings is 1. The number of carbonyl (C=O) groups is 2. The van der Waals surface area contributed by atoms with Gasteiger partial charge in [0.25, 0.3) is 0 Å². The van der Waals surface area contributed by atoms with Gasteiger partial charge in [-0.15, -0.1) is 0 Å². The summed E-state index contributed by atoms with van der Waals surface area (Å²) < 4.78 is 15.9. The van der Waals surface area contributed by atoms with Crippen molar-refractivity contribution in [2.24, 2.45) is 5.92 Å². The summed E-state index contributed by atoms with van der Waals surface area (Å²) in [7, 11) is 1.76.